The second-order valence-corrected chi connectivity index (χ2v) is 6.95. The Morgan fingerprint density at radius 2 is 1.67 bits per heavy atom. The molecule has 24 heavy (non-hydrogen) atoms. The molecule has 2 aromatic rings. The lowest BCUT2D eigenvalue weighted by atomic mass is 10.1. The van der Waals surface area contributed by atoms with E-state index in [-0.39, 0.29) is 11.9 Å². The maximum absolute atomic E-state index is 13.0. The molecule has 3 heteroatoms. The summed E-state index contributed by atoms with van der Waals surface area (Å²) >= 11 is 0. The van der Waals surface area contributed by atoms with Crippen LogP contribution in [0.15, 0.2) is 48.5 Å². The van der Waals surface area contributed by atoms with E-state index in [9.17, 15) is 4.79 Å². The Hall–Kier alpha value is -2.29. The van der Waals surface area contributed by atoms with Gasteiger partial charge in [0.05, 0.1) is 0 Å². The quantitative estimate of drug-likeness (QED) is 0.825. The molecule has 124 valence electrons. The van der Waals surface area contributed by atoms with Gasteiger partial charge < -0.3 is 9.80 Å². The highest BCUT2D eigenvalue weighted by atomic mass is 16.2. The average Bonchev–Trinajstić information content (AvgIpc) is 2.98. The van der Waals surface area contributed by atoms with Crippen LogP contribution in [-0.4, -0.2) is 25.0 Å². The van der Waals surface area contributed by atoms with E-state index in [0.717, 1.165) is 30.8 Å². The number of rotatable bonds is 2. The van der Waals surface area contributed by atoms with Crippen molar-refractivity contribution in [3.63, 3.8) is 0 Å². The molecule has 0 bridgehead atoms. The van der Waals surface area contributed by atoms with Crippen LogP contribution < -0.4 is 9.80 Å². The van der Waals surface area contributed by atoms with Crippen LogP contribution in [0.4, 0.5) is 11.4 Å². The van der Waals surface area contributed by atoms with E-state index >= 15 is 0 Å². The van der Waals surface area contributed by atoms with E-state index in [0.29, 0.717) is 0 Å². The van der Waals surface area contributed by atoms with Gasteiger partial charge in [0.25, 0.3) is 5.91 Å². The number of hydrogen-bond donors (Lipinski definition) is 0. The lowest BCUT2D eigenvalue weighted by molar-refractivity contribution is 0.0981. The molecule has 3 nitrogen and oxygen atoms in total. The summed E-state index contributed by atoms with van der Waals surface area (Å²) in [5.74, 6) is 0.109. The van der Waals surface area contributed by atoms with Gasteiger partial charge in [-0.1, -0.05) is 18.2 Å². The highest BCUT2D eigenvalue weighted by Gasteiger charge is 2.31. The standard InChI is InChI=1S/C21H24N2O/c1-16-15-18-7-3-4-8-20(18)23(16)21(24)17-9-11-19(12-10-17)22-13-5-2-6-14-22/h3-4,7-12,16H,2,5-6,13-15H2,1H3. The van der Waals surface area contributed by atoms with Gasteiger partial charge in [-0.3, -0.25) is 4.79 Å². The van der Waals surface area contributed by atoms with Gasteiger partial charge in [-0.05, 0) is 68.5 Å². The number of piperidine rings is 1. The maximum atomic E-state index is 13.0. The Morgan fingerprint density at radius 3 is 2.42 bits per heavy atom. The van der Waals surface area contributed by atoms with Gasteiger partial charge in [-0.15, -0.1) is 0 Å². The number of hydrogen-bond acceptors (Lipinski definition) is 2. The fourth-order valence-electron chi connectivity index (χ4n) is 3.98. The summed E-state index contributed by atoms with van der Waals surface area (Å²) < 4.78 is 0. The van der Waals surface area contributed by atoms with Crippen LogP contribution >= 0.6 is 0 Å². The summed E-state index contributed by atoms with van der Waals surface area (Å²) in [4.78, 5) is 17.4. The fourth-order valence-corrected chi connectivity index (χ4v) is 3.98. The van der Waals surface area contributed by atoms with E-state index in [2.05, 4.69) is 36.1 Å². The normalized spacial score (nSPS) is 20.1. The molecule has 1 amide bonds. The number of nitrogens with zero attached hydrogens (tertiary/aromatic N) is 2. The van der Waals surface area contributed by atoms with E-state index in [1.165, 1.54) is 30.5 Å². The van der Waals surface area contributed by atoms with Crippen molar-refractivity contribution < 1.29 is 4.79 Å². The molecule has 1 unspecified atom stereocenters. The largest absolute Gasteiger partial charge is 0.372 e. The zero-order chi connectivity index (χ0) is 16.5. The first-order valence-electron chi connectivity index (χ1n) is 9.00. The van der Waals surface area contributed by atoms with Gasteiger partial charge in [-0.2, -0.15) is 0 Å². The van der Waals surface area contributed by atoms with Crippen molar-refractivity contribution >= 4 is 17.3 Å². The first-order valence-corrected chi connectivity index (χ1v) is 9.00. The number of anilines is 2. The topological polar surface area (TPSA) is 23.6 Å². The van der Waals surface area contributed by atoms with Crippen LogP contribution in [0.1, 0.15) is 42.1 Å². The van der Waals surface area contributed by atoms with Gasteiger partial charge in [0.1, 0.15) is 0 Å². The molecule has 1 fully saturated rings. The number of fused-ring (bicyclic) bond motifs is 1. The number of amides is 1. The van der Waals surface area contributed by atoms with Crippen molar-refractivity contribution in [3.8, 4) is 0 Å². The fraction of sp³-hybridized carbons (Fsp3) is 0.381. The van der Waals surface area contributed by atoms with Crippen molar-refractivity contribution in [1.82, 2.24) is 0 Å². The number of carbonyl (C=O) groups excluding carboxylic acids is 1. The number of carbonyl (C=O) groups is 1. The molecule has 0 saturated carbocycles. The zero-order valence-corrected chi connectivity index (χ0v) is 14.2. The predicted molar refractivity (Wildman–Crippen MR) is 98.9 cm³/mol. The minimum Gasteiger partial charge on any atom is -0.372 e. The molecule has 0 N–H and O–H groups in total. The Morgan fingerprint density at radius 1 is 0.958 bits per heavy atom. The maximum Gasteiger partial charge on any atom is 0.258 e. The van der Waals surface area contributed by atoms with Crippen LogP contribution in [0.5, 0.6) is 0 Å². The van der Waals surface area contributed by atoms with E-state index in [1.807, 2.05) is 29.2 Å². The second-order valence-electron chi connectivity index (χ2n) is 6.95. The smallest absolute Gasteiger partial charge is 0.258 e. The average molecular weight is 320 g/mol. The summed E-state index contributed by atoms with van der Waals surface area (Å²) in [7, 11) is 0. The molecule has 1 saturated heterocycles. The Bertz CT molecular complexity index is 732. The first kappa shape index (κ1) is 15.3. The lowest BCUT2D eigenvalue weighted by Crippen LogP contribution is -2.35. The van der Waals surface area contributed by atoms with Gasteiger partial charge in [0, 0.05) is 36.1 Å². The predicted octanol–water partition coefficient (Wildman–Crippen LogP) is 4.27. The van der Waals surface area contributed by atoms with E-state index in [1.54, 1.807) is 0 Å². The SMILES string of the molecule is CC1Cc2ccccc2N1C(=O)c1ccc(N2CCCCC2)cc1. The zero-order valence-electron chi connectivity index (χ0n) is 14.2. The number of benzene rings is 2. The summed E-state index contributed by atoms with van der Waals surface area (Å²) in [6.45, 7) is 4.38. The molecular formula is C21H24N2O. The molecule has 0 radical (unpaired) electrons. The third-order valence-electron chi connectivity index (χ3n) is 5.26. The third-order valence-corrected chi connectivity index (χ3v) is 5.26. The molecule has 0 aliphatic carbocycles. The lowest BCUT2D eigenvalue weighted by Gasteiger charge is -2.29. The van der Waals surface area contributed by atoms with Gasteiger partial charge in [-0.25, -0.2) is 0 Å². The van der Waals surface area contributed by atoms with Gasteiger partial charge in [0.15, 0.2) is 0 Å². The first-order chi connectivity index (χ1) is 11.7. The van der Waals surface area contributed by atoms with Crippen molar-refractivity contribution in [2.75, 3.05) is 22.9 Å². The highest BCUT2D eigenvalue weighted by molar-refractivity contribution is 6.07. The Labute approximate surface area is 143 Å². The van der Waals surface area contributed by atoms with Crippen LogP contribution in [0.25, 0.3) is 0 Å². The molecular weight excluding hydrogens is 296 g/mol. The minimum atomic E-state index is 0.109. The number of para-hydroxylation sites is 1. The Kier molecular flexibility index (Phi) is 4.01. The highest BCUT2D eigenvalue weighted by Crippen LogP contribution is 2.33. The van der Waals surface area contributed by atoms with Crippen molar-refractivity contribution in [2.45, 2.75) is 38.6 Å². The minimum absolute atomic E-state index is 0.109. The molecule has 0 aromatic heterocycles. The van der Waals surface area contributed by atoms with Crippen LogP contribution in [0.2, 0.25) is 0 Å². The Balaban J connectivity index is 1.56. The van der Waals surface area contributed by atoms with E-state index in [4.69, 9.17) is 0 Å². The molecule has 2 heterocycles. The van der Waals surface area contributed by atoms with Crippen LogP contribution in [0, 0.1) is 0 Å². The molecule has 0 spiro atoms. The molecule has 2 aliphatic heterocycles. The van der Waals surface area contributed by atoms with Crippen LogP contribution in [0.3, 0.4) is 0 Å². The molecule has 1 atom stereocenters. The second kappa shape index (κ2) is 6.31. The van der Waals surface area contributed by atoms with E-state index < -0.39 is 0 Å². The molecule has 4 rings (SSSR count). The van der Waals surface area contributed by atoms with Crippen molar-refractivity contribution in [1.29, 1.82) is 0 Å². The molecule has 2 aromatic carbocycles. The van der Waals surface area contributed by atoms with Gasteiger partial charge >= 0.3 is 0 Å². The molecule has 2 aliphatic rings. The van der Waals surface area contributed by atoms with Crippen molar-refractivity contribution in [2.24, 2.45) is 0 Å². The summed E-state index contributed by atoms with van der Waals surface area (Å²) in [6, 6.07) is 16.6. The third kappa shape index (κ3) is 2.68. The van der Waals surface area contributed by atoms with Gasteiger partial charge in [0.2, 0.25) is 0 Å². The summed E-state index contributed by atoms with van der Waals surface area (Å²) in [5.41, 5.74) is 4.35. The monoisotopic (exact) mass is 320 g/mol. The van der Waals surface area contributed by atoms with Crippen LogP contribution in [-0.2, 0) is 6.42 Å². The summed E-state index contributed by atoms with van der Waals surface area (Å²) in [5, 5.41) is 0. The summed E-state index contributed by atoms with van der Waals surface area (Å²) in [6.07, 6.45) is 4.80. The van der Waals surface area contributed by atoms with Crippen molar-refractivity contribution in [3.05, 3.63) is 59.7 Å².